The molecule has 1 amide bonds. The molecule has 9 heteroatoms. The fourth-order valence-electron chi connectivity index (χ4n) is 3.74. The molecule has 0 saturated heterocycles. The zero-order chi connectivity index (χ0) is 24.6. The largest absolute Gasteiger partial charge is 0.497 e. The number of anilines is 1. The van der Waals surface area contributed by atoms with Gasteiger partial charge in [0, 0.05) is 35.8 Å². The van der Waals surface area contributed by atoms with E-state index in [1.165, 1.54) is 0 Å². The van der Waals surface area contributed by atoms with Crippen molar-refractivity contribution in [2.45, 2.75) is 26.1 Å². The van der Waals surface area contributed by atoms with Gasteiger partial charge in [0.2, 0.25) is 0 Å². The molecular weight excluding hydrogens is 444 g/mol. The molecule has 0 spiro atoms. The molecule has 0 aliphatic heterocycles. The van der Waals surface area contributed by atoms with Gasteiger partial charge in [-0.2, -0.15) is 0 Å². The van der Waals surface area contributed by atoms with Crippen molar-refractivity contribution in [1.82, 2.24) is 25.1 Å². The van der Waals surface area contributed by atoms with Crippen molar-refractivity contribution in [2.24, 2.45) is 0 Å². The van der Waals surface area contributed by atoms with Crippen LogP contribution in [0.2, 0.25) is 0 Å². The third kappa shape index (κ3) is 5.82. The summed E-state index contributed by atoms with van der Waals surface area (Å²) in [5.74, 6) is 1.91. The number of carbonyl (C=O) groups excluding carboxylic acids is 1. The highest BCUT2D eigenvalue weighted by molar-refractivity contribution is 5.95. The lowest BCUT2D eigenvalue weighted by Gasteiger charge is -2.16. The number of carbonyl (C=O) groups is 1. The number of benzene rings is 2. The van der Waals surface area contributed by atoms with Gasteiger partial charge in [0.15, 0.2) is 11.6 Å². The molecule has 0 aliphatic rings. The van der Waals surface area contributed by atoms with Crippen molar-refractivity contribution in [3.05, 3.63) is 90.0 Å². The molecule has 3 N–H and O–H groups in total. The van der Waals surface area contributed by atoms with Gasteiger partial charge in [-0.3, -0.25) is 9.78 Å². The summed E-state index contributed by atoms with van der Waals surface area (Å²) in [6.07, 6.45) is 3.38. The first-order chi connectivity index (χ1) is 17.1. The molecule has 0 fully saturated rings. The summed E-state index contributed by atoms with van der Waals surface area (Å²) in [7, 11) is 1.62. The Hall–Kier alpha value is -4.24. The van der Waals surface area contributed by atoms with Gasteiger partial charge in [-0.05, 0) is 55.0 Å². The first-order valence-corrected chi connectivity index (χ1v) is 11.3. The summed E-state index contributed by atoms with van der Waals surface area (Å²) in [4.78, 5) is 16.9. The van der Waals surface area contributed by atoms with Gasteiger partial charge in [0.25, 0.3) is 5.91 Å². The van der Waals surface area contributed by atoms with Crippen LogP contribution < -0.4 is 15.4 Å². The Morgan fingerprint density at radius 1 is 1.09 bits per heavy atom. The molecule has 2 aromatic carbocycles. The van der Waals surface area contributed by atoms with E-state index in [4.69, 9.17) is 4.74 Å². The third-order valence-electron chi connectivity index (χ3n) is 5.61. The number of pyridine rings is 1. The molecule has 9 nitrogen and oxygen atoms in total. The smallest absolute Gasteiger partial charge is 0.251 e. The second-order valence-electron chi connectivity index (χ2n) is 7.96. The molecule has 0 saturated carbocycles. The fraction of sp³-hybridized carbons (Fsp3) is 0.231. The molecule has 1 atom stereocenters. The maximum atomic E-state index is 12.9. The number of aliphatic hydroxyl groups excluding tert-OH is 1. The first-order valence-electron chi connectivity index (χ1n) is 11.3. The first kappa shape index (κ1) is 23.9. The second kappa shape index (κ2) is 11.3. The Balaban J connectivity index is 1.44. The Kier molecular flexibility index (Phi) is 7.69. The van der Waals surface area contributed by atoms with Gasteiger partial charge in [-0.15, -0.1) is 10.2 Å². The van der Waals surface area contributed by atoms with Crippen LogP contribution in [0.1, 0.15) is 34.7 Å². The average Bonchev–Trinajstić information content (AvgIpc) is 3.30. The SMILES string of the molecule is COc1cccc([C@@H](C)NC(=O)c2cccc(NCc3nnc(-c4ccncc4)n3CCO)c2)c1. The second-order valence-corrected chi connectivity index (χ2v) is 7.96. The maximum Gasteiger partial charge on any atom is 0.251 e. The Labute approximate surface area is 203 Å². The molecule has 4 rings (SSSR count). The quantitative estimate of drug-likeness (QED) is 0.324. The van der Waals surface area contributed by atoms with E-state index in [0.29, 0.717) is 30.3 Å². The normalized spacial score (nSPS) is 11.6. The molecule has 0 bridgehead atoms. The molecule has 2 aromatic heterocycles. The summed E-state index contributed by atoms with van der Waals surface area (Å²) in [6, 6.07) is 18.4. The minimum atomic E-state index is -0.183. The highest BCUT2D eigenvalue weighted by Crippen LogP contribution is 2.21. The van der Waals surface area contributed by atoms with Crippen LogP contribution in [0.5, 0.6) is 5.75 Å². The minimum absolute atomic E-state index is 0.0374. The van der Waals surface area contributed by atoms with Crippen molar-refractivity contribution in [2.75, 3.05) is 19.0 Å². The van der Waals surface area contributed by atoms with Crippen molar-refractivity contribution < 1.29 is 14.6 Å². The zero-order valence-electron chi connectivity index (χ0n) is 19.7. The van der Waals surface area contributed by atoms with Gasteiger partial charge in [0.05, 0.1) is 26.3 Å². The van der Waals surface area contributed by atoms with E-state index in [1.807, 2.05) is 60.0 Å². The Morgan fingerprint density at radius 3 is 2.66 bits per heavy atom. The lowest BCUT2D eigenvalue weighted by atomic mass is 10.1. The topological polar surface area (TPSA) is 114 Å². The summed E-state index contributed by atoms with van der Waals surface area (Å²) < 4.78 is 7.14. The van der Waals surface area contributed by atoms with Gasteiger partial charge < -0.3 is 25.0 Å². The summed E-state index contributed by atoms with van der Waals surface area (Å²) >= 11 is 0. The molecule has 4 aromatic rings. The van der Waals surface area contributed by atoms with E-state index in [1.54, 1.807) is 31.6 Å². The van der Waals surface area contributed by atoms with E-state index in [-0.39, 0.29) is 18.6 Å². The predicted octanol–water partition coefficient (Wildman–Crippen LogP) is 3.44. The number of methoxy groups -OCH3 is 1. The van der Waals surface area contributed by atoms with Crippen LogP contribution in [0.4, 0.5) is 5.69 Å². The lowest BCUT2D eigenvalue weighted by Crippen LogP contribution is -2.26. The highest BCUT2D eigenvalue weighted by atomic mass is 16.5. The fourth-order valence-corrected chi connectivity index (χ4v) is 3.74. The molecule has 0 aliphatic carbocycles. The zero-order valence-corrected chi connectivity index (χ0v) is 19.7. The van der Waals surface area contributed by atoms with Crippen molar-refractivity contribution >= 4 is 11.6 Å². The molecular formula is C26H28N6O3. The Bertz CT molecular complexity index is 1280. The molecule has 35 heavy (non-hydrogen) atoms. The third-order valence-corrected chi connectivity index (χ3v) is 5.61. The lowest BCUT2D eigenvalue weighted by molar-refractivity contribution is 0.0940. The molecule has 0 unspecified atom stereocenters. The Morgan fingerprint density at radius 2 is 1.89 bits per heavy atom. The van der Waals surface area contributed by atoms with Gasteiger partial charge >= 0.3 is 0 Å². The van der Waals surface area contributed by atoms with Crippen LogP contribution in [-0.2, 0) is 13.1 Å². The average molecular weight is 473 g/mol. The molecule has 0 radical (unpaired) electrons. The maximum absolute atomic E-state index is 12.9. The van der Waals surface area contributed by atoms with Crippen molar-refractivity contribution in [3.8, 4) is 17.1 Å². The van der Waals surface area contributed by atoms with E-state index < -0.39 is 0 Å². The van der Waals surface area contributed by atoms with Crippen LogP contribution in [0, 0.1) is 0 Å². The van der Waals surface area contributed by atoms with Crippen molar-refractivity contribution in [3.63, 3.8) is 0 Å². The van der Waals surface area contributed by atoms with Crippen LogP contribution in [0.15, 0.2) is 73.1 Å². The standard InChI is InChI=1S/C26H28N6O3/c1-18(20-5-4-8-23(16-20)35-2)29-26(34)21-6-3-7-22(15-21)28-17-24-30-31-25(32(24)13-14-33)19-9-11-27-12-10-19/h3-12,15-16,18,28,33H,13-14,17H2,1-2H3,(H,29,34)/t18-/m1/s1. The van der Waals surface area contributed by atoms with Gasteiger partial charge in [-0.1, -0.05) is 18.2 Å². The molecule has 180 valence electrons. The van der Waals surface area contributed by atoms with Crippen LogP contribution in [-0.4, -0.2) is 44.5 Å². The summed E-state index contributed by atoms with van der Waals surface area (Å²) in [6.45, 7) is 2.64. The predicted molar refractivity (Wildman–Crippen MR) is 133 cm³/mol. The number of rotatable bonds is 10. The number of nitrogens with one attached hydrogen (secondary N) is 2. The highest BCUT2D eigenvalue weighted by Gasteiger charge is 2.15. The number of nitrogens with zero attached hydrogens (tertiary/aromatic N) is 4. The van der Waals surface area contributed by atoms with Crippen LogP contribution >= 0.6 is 0 Å². The number of ether oxygens (including phenoxy) is 1. The number of aliphatic hydroxyl groups is 1. The minimum Gasteiger partial charge on any atom is -0.497 e. The summed E-state index contributed by atoms with van der Waals surface area (Å²) in [5, 5.41) is 24.5. The van der Waals surface area contributed by atoms with Crippen molar-refractivity contribution in [1.29, 1.82) is 0 Å². The van der Waals surface area contributed by atoms with Crippen LogP contribution in [0.25, 0.3) is 11.4 Å². The number of hydrogen-bond acceptors (Lipinski definition) is 7. The summed E-state index contributed by atoms with van der Waals surface area (Å²) in [5.41, 5.74) is 3.14. The van der Waals surface area contributed by atoms with Gasteiger partial charge in [0.1, 0.15) is 5.75 Å². The number of amides is 1. The number of hydrogen-bond donors (Lipinski definition) is 3. The van der Waals surface area contributed by atoms with E-state index >= 15 is 0 Å². The van der Waals surface area contributed by atoms with E-state index in [9.17, 15) is 9.90 Å². The van der Waals surface area contributed by atoms with E-state index in [0.717, 1.165) is 22.6 Å². The van der Waals surface area contributed by atoms with E-state index in [2.05, 4.69) is 25.8 Å². The molecule has 2 heterocycles. The number of aromatic nitrogens is 4. The monoisotopic (exact) mass is 472 g/mol. The van der Waals surface area contributed by atoms with Gasteiger partial charge in [-0.25, -0.2) is 0 Å². The van der Waals surface area contributed by atoms with Crippen LogP contribution in [0.3, 0.4) is 0 Å².